The Morgan fingerprint density at radius 2 is 1.25 bits per heavy atom. The summed E-state index contributed by atoms with van der Waals surface area (Å²) in [5.74, 6) is -0.319. The van der Waals surface area contributed by atoms with E-state index in [1.165, 1.54) is 0 Å². The normalized spacial score (nSPS) is 27.9. The van der Waals surface area contributed by atoms with Crippen LogP contribution in [0.1, 0.15) is 100 Å². The molecule has 0 aromatic heterocycles. The molecule has 2 atom stereocenters. The van der Waals surface area contributed by atoms with Gasteiger partial charge in [0.1, 0.15) is 0 Å². The lowest BCUT2D eigenvalue weighted by Gasteiger charge is -2.37. The van der Waals surface area contributed by atoms with Gasteiger partial charge in [0.2, 0.25) is 0 Å². The predicted molar refractivity (Wildman–Crippen MR) is 128 cm³/mol. The molecule has 0 bridgehead atoms. The highest BCUT2D eigenvalue weighted by atomic mass is 16.5. The van der Waals surface area contributed by atoms with Gasteiger partial charge < -0.3 is 14.8 Å². The number of unbranched alkanes of at least 4 members (excludes halogenated alkanes) is 4. The van der Waals surface area contributed by atoms with Gasteiger partial charge in [-0.3, -0.25) is 14.5 Å². The van der Waals surface area contributed by atoms with Gasteiger partial charge in [0, 0.05) is 22.2 Å². The molecule has 6 nitrogen and oxygen atoms in total. The van der Waals surface area contributed by atoms with Crippen LogP contribution in [0.25, 0.3) is 0 Å². The molecule has 2 aliphatic rings. The van der Waals surface area contributed by atoms with Crippen molar-refractivity contribution in [3.63, 3.8) is 0 Å². The quantitative estimate of drug-likeness (QED) is 0.383. The molecule has 0 amide bonds. The molecule has 2 unspecified atom stereocenters. The van der Waals surface area contributed by atoms with Gasteiger partial charge in [-0.15, -0.1) is 0 Å². The van der Waals surface area contributed by atoms with E-state index >= 15 is 0 Å². The van der Waals surface area contributed by atoms with Crippen LogP contribution in [-0.2, 0) is 19.1 Å². The van der Waals surface area contributed by atoms with E-state index in [0.717, 1.165) is 44.9 Å². The molecule has 0 saturated carbocycles. The van der Waals surface area contributed by atoms with E-state index in [1.807, 2.05) is 0 Å². The lowest BCUT2D eigenvalue weighted by atomic mass is 9.87. The van der Waals surface area contributed by atoms with Crippen LogP contribution in [0.5, 0.6) is 0 Å². The van der Waals surface area contributed by atoms with Crippen molar-refractivity contribution in [2.75, 3.05) is 20.3 Å². The van der Waals surface area contributed by atoms with Crippen LogP contribution >= 0.6 is 0 Å². The smallest absolute Gasteiger partial charge is 0.310 e. The molecule has 6 heteroatoms. The van der Waals surface area contributed by atoms with Crippen molar-refractivity contribution in [1.82, 2.24) is 10.2 Å². The molecule has 2 aliphatic heterocycles. The Morgan fingerprint density at radius 3 is 1.66 bits per heavy atom. The number of carbonyl (C=O) groups excluding carboxylic acids is 2. The van der Waals surface area contributed by atoms with Gasteiger partial charge in [-0.1, -0.05) is 19.3 Å². The maximum absolute atomic E-state index is 12.6. The van der Waals surface area contributed by atoms with E-state index in [4.69, 9.17) is 9.47 Å². The number of hydrogen-bond acceptors (Lipinski definition) is 6. The van der Waals surface area contributed by atoms with Crippen molar-refractivity contribution in [3.8, 4) is 0 Å². The Balaban J connectivity index is 1.55. The number of nitrogens with one attached hydrogen (secondary N) is 1. The second-order valence-corrected chi connectivity index (χ2v) is 12.4. The van der Waals surface area contributed by atoms with E-state index in [0.29, 0.717) is 13.2 Å². The second kappa shape index (κ2) is 10.0. The number of nitrogens with zero attached hydrogens (tertiary/aromatic N) is 1. The molecule has 0 spiro atoms. The van der Waals surface area contributed by atoms with Gasteiger partial charge in [0.25, 0.3) is 0 Å². The number of carbonyl (C=O) groups is 2. The van der Waals surface area contributed by atoms with Crippen molar-refractivity contribution in [1.29, 1.82) is 0 Å². The van der Waals surface area contributed by atoms with Crippen molar-refractivity contribution >= 4 is 11.9 Å². The summed E-state index contributed by atoms with van der Waals surface area (Å²) in [7, 11) is 2.09. The number of rotatable bonds is 10. The molecule has 186 valence electrons. The lowest BCUT2D eigenvalue weighted by molar-refractivity contribution is -0.151. The predicted octanol–water partition coefficient (Wildman–Crippen LogP) is 4.70. The second-order valence-electron chi connectivity index (χ2n) is 12.4. The van der Waals surface area contributed by atoms with Crippen molar-refractivity contribution in [2.45, 2.75) is 122 Å². The maximum Gasteiger partial charge on any atom is 0.310 e. The monoisotopic (exact) mass is 452 g/mol. The SMILES string of the molecule is CN1C(C)(C)CC(C(=O)OCCCCCCCOC(=O)C2CC(C)(C)NC2(C)C)C1(C)C. The summed E-state index contributed by atoms with van der Waals surface area (Å²) in [6.07, 6.45) is 6.51. The fourth-order valence-corrected chi connectivity index (χ4v) is 5.71. The van der Waals surface area contributed by atoms with Crippen LogP contribution in [0.15, 0.2) is 0 Å². The van der Waals surface area contributed by atoms with Crippen LogP contribution in [-0.4, -0.2) is 59.3 Å². The molecule has 1 N–H and O–H groups in total. The molecule has 0 aromatic carbocycles. The van der Waals surface area contributed by atoms with E-state index in [2.05, 4.69) is 72.7 Å². The zero-order valence-electron chi connectivity index (χ0n) is 22.1. The molecule has 2 heterocycles. The molecule has 2 rings (SSSR count). The van der Waals surface area contributed by atoms with Gasteiger partial charge in [-0.05, 0) is 88.1 Å². The Morgan fingerprint density at radius 1 is 0.781 bits per heavy atom. The van der Waals surface area contributed by atoms with Crippen LogP contribution in [0, 0.1) is 11.8 Å². The molecular weight excluding hydrogens is 404 g/mol. The minimum absolute atomic E-state index is 0.0108. The number of hydrogen-bond donors (Lipinski definition) is 1. The summed E-state index contributed by atoms with van der Waals surface area (Å²) in [5.41, 5.74) is -0.429. The summed E-state index contributed by atoms with van der Waals surface area (Å²) in [6.45, 7) is 18.0. The Hall–Kier alpha value is -1.14. The summed E-state index contributed by atoms with van der Waals surface area (Å²) >= 11 is 0. The van der Waals surface area contributed by atoms with E-state index in [-0.39, 0.29) is 45.9 Å². The highest BCUT2D eigenvalue weighted by molar-refractivity contribution is 5.75. The topological polar surface area (TPSA) is 67.9 Å². The first-order chi connectivity index (χ1) is 14.6. The van der Waals surface area contributed by atoms with Gasteiger partial charge in [-0.2, -0.15) is 0 Å². The minimum Gasteiger partial charge on any atom is -0.465 e. The Labute approximate surface area is 196 Å². The van der Waals surface area contributed by atoms with Gasteiger partial charge in [0.15, 0.2) is 0 Å². The third kappa shape index (κ3) is 6.47. The number of esters is 2. The third-order valence-electron chi connectivity index (χ3n) is 7.92. The molecule has 2 saturated heterocycles. The molecule has 0 aliphatic carbocycles. The van der Waals surface area contributed by atoms with Crippen LogP contribution < -0.4 is 5.32 Å². The van der Waals surface area contributed by atoms with E-state index in [9.17, 15) is 9.59 Å². The average molecular weight is 453 g/mol. The zero-order valence-corrected chi connectivity index (χ0v) is 22.1. The van der Waals surface area contributed by atoms with Crippen LogP contribution in [0.3, 0.4) is 0 Å². The number of ether oxygens (including phenoxy) is 2. The fraction of sp³-hybridized carbons (Fsp3) is 0.923. The summed E-state index contributed by atoms with van der Waals surface area (Å²) < 4.78 is 11.2. The first-order valence-corrected chi connectivity index (χ1v) is 12.5. The average Bonchev–Trinajstić information content (AvgIpc) is 2.99. The van der Waals surface area contributed by atoms with Crippen molar-refractivity contribution < 1.29 is 19.1 Å². The first kappa shape index (κ1) is 27.1. The molecule has 2 fully saturated rings. The Bertz CT molecular complexity index is 669. The number of likely N-dealkylation sites (tertiary alicyclic amines) is 1. The van der Waals surface area contributed by atoms with Crippen molar-refractivity contribution in [2.24, 2.45) is 11.8 Å². The summed E-state index contributed by atoms with van der Waals surface area (Å²) in [4.78, 5) is 27.4. The zero-order chi connectivity index (χ0) is 24.4. The van der Waals surface area contributed by atoms with Crippen LogP contribution in [0.2, 0.25) is 0 Å². The lowest BCUT2D eigenvalue weighted by Crippen LogP contribution is -2.48. The molecule has 0 radical (unpaired) electrons. The fourth-order valence-electron chi connectivity index (χ4n) is 5.71. The van der Waals surface area contributed by atoms with Crippen LogP contribution in [0.4, 0.5) is 0 Å². The molecular formula is C26H48N2O4. The summed E-state index contributed by atoms with van der Waals surface area (Å²) in [5, 5.41) is 3.53. The molecule has 32 heavy (non-hydrogen) atoms. The third-order valence-corrected chi connectivity index (χ3v) is 7.92. The first-order valence-electron chi connectivity index (χ1n) is 12.5. The highest BCUT2D eigenvalue weighted by Gasteiger charge is 2.53. The maximum atomic E-state index is 12.6. The Kier molecular flexibility index (Phi) is 8.47. The van der Waals surface area contributed by atoms with Gasteiger partial charge in [-0.25, -0.2) is 0 Å². The summed E-state index contributed by atoms with van der Waals surface area (Å²) in [6, 6.07) is 0. The minimum atomic E-state index is -0.225. The molecule has 0 aromatic rings. The van der Waals surface area contributed by atoms with Crippen molar-refractivity contribution in [3.05, 3.63) is 0 Å². The van der Waals surface area contributed by atoms with E-state index < -0.39 is 0 Å². The standard InChI is InChI=1S/C26H48N2O4/c1-23(2)17-19(25(5,6)27-23)21(29)31-15-13-11-10-12-14-16-32-22(30)20-18-24(3,4)28(9)26(20,7)8/h19-20,27H,10-18H2,1-9H3. The van der Waals surface area contributed by atoms with Gasteiger partial charge >= 0.3 is 11.9 Å². The highest BCUT2D eigenvalue weighted by Crippen LogP contribution is 2.44. The van der Waals surface area contributed by atoms with E-state index in [1.54, 1.807) is 0 Å². The largest absolute Gasteiger partial charge is 0.465 e. The van der Waals surface area contributed by atoms with Gasteiger partial charge in [0.05, 0.1) is 25.0 Å².